The lowest BCUT2D eigenvalue weighted by atomic mass is 10.1. The highest BCUT2D eigenvalue weighted by atomic mass is 16.1. The maximum atomic E-state index is 11.0. The zero-order valence-electron chi connectivity index (χ0n) is 9.55. The van der Waals surface area contributed by atoms with Crippen LogP contribution in [0.2, 0.25) is 0 Å². The Hall–Kier alpha value is -2.23. The summed E-state index contributed by atoms with van der Waals surface area (Å²) in [6, 6.07) is 9.53. The van der Waals surface area contributed by atoms with E-state index in [1.807, 2.05) is 31.2 Å². The number of aromatic nitrogens is 2. The van der Waals surface area contributed by atoms with Crippen LogP contribution in [0.5, 0.6) is 0 Å². The second-order valence-corrected chi connectivity index (χ2v) is 3.83. The van der Waals surface area contributed by atoms with Crippen LogP contribution >= 0.6 is 0 Å². The van der Waals surface area contributed by atoms with E-state index >= 15 is 0 Å². The van der Waals surface area contributed by atoms with Crippen LogP contribution in [0.3, 0.4) is 0 Å². The van der Waals surface area contributed by atoms with Gasteiger partial charge in [0, 0.05) is 12.6 Å². The van der Waals surface area contributed by atoms with Crippen molar-refractivity contribution in [3.05, 3.63) is 59.2 Å². The van der Waals surface area contributed by atoms with Gasteiger partial charge < -0.3 is 5.73 Å². The minimum atomic E-state index is -0.529. The van der Waals surface area contributed by atoms with E-state index in [0.717, 1.165) is 5.56 Å². The number of carbonyl (C=O) groups is 1. The molecule has 0 saturated heterocycles. The van der Waals surface area contributed by atoms with E-state index in [2.05, 4.69) is 9.97 Å². The molecule has 0 unspecified atom stereocenters. The summed E-state index contributed by atoms with van der Waals surface area (Å²) in [5.41, 5.74) is 7.76. The zero-order chi connectivity index (χ0) is 12.3. The highest BCUT2D eigenvalue weighted by Gasteiger charge is 2.06. The van der Waals surface area contributed by atoms with Crippen molar-refractivity contribution in [1.82, 2.24) is 9.97 Å². The maximum Gasteiger partial charge on any atom is 0.267 e. The Labute approximate surface area is 99.5 Å². The van der Waals surface area contributed by atoms with E-state index < -0.39 is 5.91 Å². The second kappa shape index (κ2) is 4.74. The minimum absolute atomic E-state index is 0.253. The Morgan fingerprint density at radius 2 is 2.06 bits per heavy atom. The lowest BCUT2D eigenvalue weighted by Gasteiger charge is -2.04. The Balaban J connectivity index is 2.28. The average molecular weight is 227 g/mol. The third-order valence-corrected chi connectivity index (χ3v) is 2.57. The van der Waals surface area contributed by atoms with Gasteiger partial charge in [0.2, 0.25) is 0 Å². The second-order valence-electron chi connectivity index (χ2n) is 3.83. The quantitative estimate of drug-likeness (QED) is 0.863. The zero-order valence-corrected chi connectivity index (χ0v) is 9.55. The molecular formula is C13H13N3O. The molecular weight excluding hydrogens is 214 g/mol. The fraction of sp³-hybridized carbons (Fsp3) is 0.154. The fourth-order valence-corrected chi connectivity index (χ4v) is 1.60. The molecule has 0 saturated carbocycles. The van der Waals surface area contributed by atoms with Crippen molar-refractivity contribution in [2.24, 2.45) is 5.73 Å². The van der Waals surface area contributed by atoms with Gasteiger partial charge in [-0.25, -0.2) is 9.97 Å². The molecule has 0 aliphatic rings. The van der Waals surface area contributed by atoms with Crippen LogP contribution in [0.4, 0.5) is 0 Å². The molecule has 0 aliphatic heterocycles. The van der Waals surface area contributed by atoms with Gasteiger partial charge in [-0.05, 0) is 24.1 Å². The SMILES string of the molecule is Cc1ccccc1Cc1nccc(C(N)=O)n1. The van der Waals surface area contributed by atoms with Gasteiger partial charge in [-0.15, -0.1) is 0 Å². The third kappa shape index (κ3) is 2.66. The van der Waals surface area contributed by atoms with Crippen LogP contribution in [0.1, 0.15) is 27.4 Å². The van der Waals surface area contributed by atoms with Crippen molar-refractivity contribution in [3.63, 3.8) is 0 Å². The van der Waals surface area contributed by atoms with Crippen LogP contribution in [-0.4, -0.2) is 15.9 Å². The number of aryl methyl sites for hydroxylation is 1. The van der Waals surface area contributed by atoms with Crippen LogP contribution in [0.15, 0.2) is 36.5 Å². The summed E-state index contributed by atoms with van der Waals surface area (Å²) in [5.74, 6) is 0.0778. The number of primary amides is 1. The largest absolute Gasteiger partial charge is 0.364 e. The standard InChI is InChI=1S/C13H13N3O/c1-9-4-2-3-5-10(9)8-12-15-7-6-11(16-12)13(14)17/h2-7H,8H2,1H3,(H2,14,17). The van der Waals surface area contributed by atoms with E-state index in [1.165, 1.54) is 11.6 Å². The van der Waals surface area contributed by atoms with Gasteiger partial charge >= 0.3 is 0 Å². The van der Waals surface area contributed by atoms with E-state index in [0.29, 0.717) is 12.2 Å². The van der Waals surface area contributed by atoms with Crippen LogP contribution in [-0.2, 0) is 6.42 Å². The summed E-state index contributed by atoms with van der Waals surface area (Å²) in [4.78, 5) is 19.3. The predicted molar refractivity (Wildman–Crippen MR) is 64.5 cm³/mol. The van der Waals surface area contributed by atoms with Crippen LogP contribution in [0.25, 0.3) is 0 Å². The number of hydrogen-bond donors (Lipinski definition) is 1. The topological polar surface area (TPSA) is 68.9 Å². The van der Waals surface area contributed by atoms with Crippen LogP contribution in [0, 0.1) is 6.92 Å². The molecule has 0 atom stereocenters. The summed E-state index contributed by atoms with van der Waals surface area (Å²) in [5, 5.41) is 0. The molecule has 1 aromatic carbocycles. The number of nitrogens with zero attached hydrogens (tertiary/aromatic N) is 2. The molecule has 0 radical (unpaired) electrons. The molecule has 4 nitrogen and oxygen atoms in total. The Morgan fingerprint density at radius 1 is 1.29 bits per heavy atom. The average Bonchev–Trinajstić information content (AvgIpc) is 2.32. The summed E-state index contributed by atoms with van der Waals surface area (Å²) in [6.07, 6.45) is 2.16. The molecule has 1 amide bonds. The van der Waals surface area contributed by atoms with Crippen LogP contribution < -0.4 is 5.73 Å². The van der Waals surface area contributed by atoms with Gasteiger partial charge in [-0.1, -0.05) is 24.3 Å². The molecule has 86 valence electrons. The molecule has 1 aromatic heterocycles. The molecule has 2 rings (SSSR count). The van der Waals surface area contributed by atoms with Crippen molar-refractivity contribution in [2.45, 2.75) is 13.3 Å². The van der Waals surface area contributed by atoms with Gasteiger partial charge in [0.05, 0.1) is 0 Å². The first-order valence-electron chi connectivity index (χ1n) is 5.33. The number of carbonyl (C=O) groups excluding carboxylic acids is 1. The van der Waals surface area contributed by atoms with E-state index in [9.17, 15) is 4.79 Å². The normalized spacial score (nSPS) is 10.2. The van der Waals surface area contributed by atoms with Crippen molar-refractivity contribution >= 4 is 5.91 Å². The van der Waals surface area contributed by atoms with E-state index in [-0.39, 0.29) is 5.69 Å². The first-order valence-corrected chi connectivity index (χ1v) is 5.33. The molecule has 2 N–H and O–H groups in total. The Morgan fingerprint density at radius 3 is 2.76 bits per heavy atom. The number of amides is 1. The smallest absolute Gasteiger partial charge is 0.267 e. The monoisotopic (exact) mass is 227 g/mol. The van der Waals surface area contributed by atoms with E-state index in [1.54, 1.807) is 6.20 Å². The first-order chi connectivity index (χ1) is 8.16. The van der Waals surface area contributed by atoms with Gasteiger partial charge in [-0.3, -0.25) is 4.79 Å². The van der Waals surface area contributed by atoms with E-state index in [4.69, 9.17) is 5.73 Å². The molecule has 1 heterocycles. The number of hydrogen-bond acceptors (Lipinski definition) is 3. The number of rotatable bonds is 3. The summed E-state index contributed by atoms with van der Waals surface area (Å²) >= 11 is 0. The van der Waals surface area contributed by atoms with Crippen molar-refractivity contribution < 1.29 is 4.79 Å². The summed E-state index contributed by atoms with van der Waals surface area (Å²) < 4.78 is 0. The summed E-state index contributed by atoms with van der Waals surface area (Å²) in [7, 11) is 0. The Bertz CT molecular complexity index is 552. The van der Waals surface area contributed by atoms with Gasteiger partial charge in [0.15, 0.2) is 0 Å². The first kappa shape index (κ1) is 11.3. The highest BCUT2D eigenvalue weighted by Crippen LogP contribution is 2.10. The van der Waals surface area contributed by atoms with Crippen molar-refractivity contribution in [3.8, 4) is 0 Å². The van der Waals surface area contributed by atoms with Crippen molar-refractivity contribution in [1.29, 1.82) is 0 Å². The fourth-order valence-electron chi connectivity index (χ4n) is 1.60. The van der Waals surface area contributed by atoms with Gasteiger partial charge in [-0.2, -0.15) is 0 Å². The summed E-state index contributed by atoms with van der Waals surface area (Å²) in [6.45, 7) is 2.03. The molecule has 17 heavy (non-hydrogen) atoms. The Kier molecular flexibility index (Phi) is 3.14. The maximum absolute atomic E-state index is 11.0. The number of nitrogens with two attached hydrogens (primary N) is 1. The molecule has 0 aliphatic carbocycles. The lowest BCUT2D eigenvalue weighted by Crippen LogP contribution is -2.14. The van der Waals surface area contributed by atoms with Gasteiger partial charge in [0.25, 0.3) is 5.91 Å². The highest BCUT2D eigenvalue weighted by molar-refractivity contribution is 5.90. The molecule has 0 bridgehead atoms. The number of benzene rings is 1. The molecule has 0 spiro atoms. The lowest BCUT2D eigenvalue weighted by molar-refractivity contribution is 0.0995. The minimum Gasteiger partial charge on any atom is -0.364 e. The van der Waals surface area contributed by atoms with Crippen molar-refractivity contribution in [2.75, 3.05) is 0 Å². The predicted octanol–water partition coefficient (Wildman–Crippen LogP) is 1.47. The molecule has 4 heteroatoms. The van der Waals surface area contributed by atoms with Gasteiger partial charge in [0.1, 0.15) is 11.5 Å². The molecule has 0 fully saturated rings. The molecule has 2 aromatic rings. The third-order valence-electron chi connectivity index (χ3n) is 2.57.